The number of unbranched alkanes of at least 4 members (excludes halogenated alkanes) is 1. The molecule has 0 unspecified atom stereocenters. The summed E-state index contributed by atoms with van der Waals surface area (Å²) in [5, 5.41) is 10.9. The Hall–Kier alpha value is -3.77. The Bertz CT molecular complexity index is 1070. The fourth-order valence-electron chi connectivity index (χ4n) is 4.10. The lowest BCUT2D eigenvalue weighted by molar-refractivity contribution is -0.384. The molecule has 0 fully saturated rings. The SMILES string of the molecule is CCOCC(COCC)(COC(=O)c1ccc([N+](=O)[O-])cc1)CC(=O)CCCCC(=O)CCN1C(=O)C=CC1=O. The van der Waals surface area contributed by atoms with Gasteiger partial charge in [0.25, 0.3) is 17.5 Å². The van der Waals surface area contributed by atoms with Crippen LogP contribution < -0.4 is 0 Å². The van der Waals surface area contributed by atoms with Crippen LogP contribution in [0, 0.1) is 15.5 Å². The van der Waals surface area contributed by atoms with Gasteiger partial charge in [0, 0.05) is 69.7 Å². The first-order valence-corrected chi connectivity index (χ1v) is 13.2. The normalized spacial score (nSPS) is 13.1. The number of hydrogen-bond acceptors (Lipinski definition) is 10. The second kappa shape index (κ2) is 16.4. The van der Waals surface area contributed by atoms with Crippen molar-refractivity contribution >= 4 is 35.0 Å². The summed E-state index contributed by atoms with van der Waals surface area (Å²) in [5.41, 5.74) is -0.948. The van der Waals surface area contributed by atoms with Crippen molar-refractivity contribution in [2.45, 2.75) is 52.4 Å². The summed E-state index contributed by atoms with van der Waals surface area (Å²) in [5.74, 6) is -1.74. The average molecular weight is 561 g/mol. The molecule has 0 aromatic heterocycles. The molecule has 1 aromatic carbocycles. The highest BCUT2D eigenvalue weighted by Crippen LogP contribution is 2.27. The number of carbonyl (C=O) groups excluding carboxylic acids is 5. The Balaban J connectivity index is 1.89. The number of nitro benzene ring substituents is 1. The molecule has 1 aliphatic rings. The van der Waals surface area contributed by atoms with Crippen LogP contribution in [0.1, 0.15) is 62.7 Å². The number of hydrogen-bond donors (Lipinski definition) is 0. The number of carbonyl (C=O) groups is 5. The largest absolute Gasteiger partial charge is 0.461 e. The van der Waals surface area contributed by atoms with E-state index in [0.29, 0.717) is 26.1 Å². The van der Waals surface area contributed by atoms with Crippen LogP contribution in [0.15, 0.2) is 36.4 Å². The maximum Gasteiger partial charge on any atom is 0.338 e. The molecule has 0 aliphatic carbocycles. The molecule has 1 heterocycles. The van der Waals surface area contributed by atoms with Crippen LogP contribution in [-0.4, -0.2) is 78.8 Å². The molecule has 0 spiro atoms. The number of imide groups is 1. The van der Waals surface area contributed by atoms with E-state index in [0.717, 1.165) is 4.90 Å². The van der Waals surface area contributed by atoms with Gasteiger partial charge in [-0.3, -0.25) is 34.2 Å². The Morgan fingerprint density at radius 2 is 1.40 bits per heavy atom. The topological polar surface area (TPSA) is 159 Å². The van der Waals surface area contributed by atoms with Gasteiger partial charge in [0.05, 0.1) is 29.1 Å². The highest BCUT2D eigenvalue weighted by Gasteiger charge is 2.35. The number of amides is 2. The third kappa shape index (κ3) is 10.4. The maximum atomic E-state index is 12.9. The van der Waals surface area contributed by atoms with Gasteiger partial charge in [-0.25, -0.2) is 4.79 Å². The van der Waals surface area contributed by atoms with Crippen LogP contribution in [0.5, 0.6) is 0 Å². The number of ether oxygens (including phenoxy) is 3. The van der Waals surface area contributed by atoms with Crippen LogP contribution in [0.2, 0.25) is 0 Å². The minimum Gasteiger partial charge on any atom is -0.461 e. The van der Waals surface area contributed by atoms with Crippen molar-refractivity contribution in [3.8, 4) is 0 Å². The van der Waals surface area contributed by atoms with E-state index in [1.807, 2.05) is 0 Å². The summed E-state index contributed by atoms with van der Waals surface area (Å²) in [6, 6.07) is 5.02. The van der Waals surface area contributed by atoms with E-state index in [1.54, 1.807) is 13.8 Å². The molecule has 218 valence electrons. The van der Waals surface area contributed by atoms with Crippen LogP contribution in [-0.2, 0) is 33.4 Å². The maximum absolute atomic E-state index is 12.9. The third-order valence-corrected chi connectivity index (χ3v) is 6.30. The van der Waals surface area contributed by atoms with Crippen LogP contribution in [0.25, 0.3) is 0 Å². The molecular weight excluding hydrogens is 524 g/mol. The van der Waals surface area contributed by atoms with E-state index in [1.165, 1.54) is 36.4 Å². The lowest BCUT2D eigenvalue weighted by Crippen LogP contribution is -2.40. The molecule has 0 saturated heterocycles. The molecule has 12 heteroatoms. The van der Waals surface area contributed by atoms with Gasteiger partial charge in [0.15, 0.2) is 0 Å². The highest BCUT2D eigenvalue weighted by atomic mass is 16.6. The van der Waals surface area contributed by atoms with E-state index in [2.05, 4.69) is 0 Å². The van der Waals surface area contributed by atoms with Crippen molar-refractivity contribution in [2.24, 2.45) is 5.41 Å². The summed E-state index contributed by atoms with van der Waals surface area (Å²) in [6.45, 7) is 4.48. The number of nitrogens with zero attached hydrogens (tertiary/aromatic N) is 2. The standard InChI is InChI=1S/C28H36N2O10/c1-3-38-18-28(19-39-4-2,20-40-27(35)21-9-11-22(12-10-21)30(36)37)17-24(32)8-6-5-7-23(31)15-16-29-25(33)13-14-26(29)34/h9-14H,3-8,15-20H2,1-2H3. The predicted octanol–water partition coefficient (Wildman–Crippen LogP) is 3.21. The van der Waals surface area contributed by atoms with Crippen LogP contribution in [0.4, 0.5) is 5.69 Å². The molecule has 12 nitrogen and oxygen atoms in total. The quantitative estimate of drug-likeness (QED) is 0.0762. The molecule has 0 radical (unpaired) electrons. The van der Waals surface area contributed by atoms with Crippen molar-refractivity contribution in [3.63, 3.8) is 0 Å². The second-order valence-electron chi connectivity index (χ2n) is 9.53. The average Bonchev–Trinajstić information content (AvgIpc) is 3.26. The number of Topliss-reactive ketones (excluding diaryl/α,β-unsaturated/α-hetero) is 2. The number of ketones is 2. The minimum atomic E-state index is -0.932. The van der Waals surface area contributed by atoms with Gasteiger partial charge >= 0.3 is 5.97 Å². The molecule has 1 aliphatic heterocycles. The molecule has 0 bridgehead atoms. The molecule has 2 amide bonds. The molecule has 1 aromatic rings. The van der Waals surface area contributed by atoms with E-state index in [9.17, 15) is 34.1 Å². The molecule has 0 saturated carbocycles. The summed E-state index contributed by atoms with van der Waals surface area (Å²) < 4.78 is 16.7. The van der Waals surface area contributed by atoms with Crippen molar-refractivity contribution in [3.05, 3.63) is 52.1 Å². The van der Waals surface area contributed by atoms with Gasteiger partial charge in [0.2, 0.25) is 0 Å². The van der Waals surface area contributed by atoms with E-state index >= 15 is 0 Å². The van der Waals surface area contributed by atoms with Crippen molar-refractivity contribution in [1.29, 1.82) is 0 Å². The van der Waals surface area contributed by atoms with E-state index in [4.69, 9.17) is 14.2 Å². The second-order valence-corrected chi connectivity index (χ2v) is 9.53. The summed E-state index contributed by atoms with van der Waals surface area (Å²) >= 11 is 0. The summed E-state index contributed by atoms with van der Waals surface area (Å²) in [7, 11) is 0. The fraction of sp³-hybridized carbons (Fsp3) is 0.536. The van der Waals surface area contributed by atoms with E-state index < -0.39 is 28.1 Å². The van der Waals surface area contributed by atoms with Crippen molar-refractivity contribution in [1.82, 2.24) is 4.90 Å². The number of benzene rings is 1. The number of nitro groups is 1. The first-order chi connectivity index (χ1) is 19.1. The van der Waals surface area contributed by atoms with Crippen LogP contribution in [0.3, 0.4) is 0 Å². The molecule has 0 N–H and O–H groups in total. The van der Waals surface area contributed by atoms with Gasteiger partial charge in [-0.1, -0.05) is 0 Å². The van der Waals surface area contributed by atoms with Gasteiger partial charge < -0.3 is 14.2 Å². The van der Waals surface area contributed by atoms with Crippen molar-refractivity contribution in [2.75, 3.05) is 39.6 Å². The van der Waals surface area contributed by atoms with Gasteiger partial charge in [-0.2, -0.15) is 0 Å². The van der Waals surface area contributed by atoms with Crippen molar-refractivity contribution < 1.29 is 43.1 Å². The van der Waals surface area contributed by atoms with Gasteiger partial charge in [-0.15, -0.1) is 0 Å². The first kappa shape index (κ1) is 32.4. The monoisotopic (exact) mass is 560 g/mol. The van der Waals surface area contributed by atoms with Gasteiger partial charge in [0.1, 0.15) is 18.2 Å². The number of rotatable bonds is 20. The van der Waals surface area contributed by atoms with E-state index in [-0.39, 0.29) is 74.9 Å². The van der Waals surface area contributed by atoms with Gasteiger partial charge in [-0.05, 0) is 38.8 Å². The fourth-order valence-corrected chi connectivity index (χ4v) is 4.10. The zero-order chi connectivity index (χ0) is 29.5. The smallest absolute Gasteiger partial charge is 0.338 e. The summed E-state index contributed by atoms with van der Waals surface area (Å²) in [6.07, 6.45) is 3.82. The Morgan fingerprint density at radius 1 is 0.850 bits per heavy atom. The van der Waals surface area contributed by atoms with Crippen LogP contribution >= 0.6 is 0 Å². The first-order valence-electron chi connectivity index (χ1n) is 13.2. The lowest BCUT2D eigenvalue weighted by Gasteiger charge is -2.32. The number of esters is 1. The molecule has 2 rings (SSSR count). The predicted molar refractivity (Wildman–Crippen MR) is 142 cm³/mol. The summed E-state index contributed by atoms with van der Waals surface area (Å²) in [4.78, 5) is 72.2. The Kier molecular flexibility index (Phi) is 13.3. The zero-order valence-electron chi connectivity index (χ0n) is 22.9. The molecular formula is C28H36N2O10. The highest BCUT2D eigenvalue weighted by molar-refractivity contribution is 6.13. The molecule has 0 atom stereocenters. The lowest BCUT2D eigenvalue weighted by atomic mass is 9.84. The Morgan fingerprint density at radius 3 is 1.93 bits per heavy atom. The minimum absolute atomic E-state index is 0.0284. The zero-order valence-corrected chi connectivity index (χ0v) is 22.9. The molecule has 40 heavy (non-hydrogen) atoms. The Labute approximate surface area is 232 Å². The third-order valence-electron chi connectivity index (χ3n) is 6.30. The number of non-ortho nitro benzene ring substituents is 1.